The maximum Gasteiger partial charge on any atom is 0.419 e. The first kappa shape index (κ1) is 20.0. The molecule has 2 aromatic rings. The normalized spacial score (nSPS) is 11.6. The minimum absolute atomic E-state index is 0.0603. The minimum Gasteiger partial charge on any atom is -0.361 e. The second kappa shape index (κ2) is 7.94. The Morgan fingerprint density at radius 2 is 1.96 bits per heavy atom. The van der Waals surface area contributed by atoms with E-state index in [-0.39, 0.29) is 17.0 Å². The van der Waals surface area contributed by atoms with E-state index in [0.29, 0.717) is 16.6 Å². The summed E-state index contributed by atoms with van der Waals surface area (Å²) in [5.41, 5.74) is -0.242. The third-order valence-electron chi connectivity index (χ3n) is 3.61. The summed E-state index contributed by atoms with van der Waals surface area (Å²) in [7, 11) is 0. The van der Waals surface area contributed by atoms with E-state index in [0.717, 1.165) is 12.0 Å². The molecule has 1 aromatic heterocycles. The van der Waals surface area contributed by atoms with Gasteiger partial charge in [-0.05, 0) is 40.9 Å². The fourth-order valence-corrected chi connectivity index (χ4v) is 3.37. The van der Waals surface area contributed by atoms with Gasteiger partial charge in [0.15, 0.2) is 0 Å². The largest absolute Gasteiger partial charge is 0.419 e. The molecule has 0 bridgehead atoms. The van der Waals surface area contributed by atoms with Gasteiger partial charge in [-0.15, -0.1) is 0 Å². The predicted octanol–water partition coefficient (Wildman–Crippen LogP) is 6.26. The lowest BCUT2D eigenvalue weighted by atomic mass is 10.0. The van der Waals surface area contributed by atoms with Crippen LogP contribution in [0.15, 0.2) is 27.3 Å². The van der Waals surface area contributed by atoms with Gasteiger partial charge >= 0.3 is 6.18 Å². The number of benzene rings is 1. The third kappa shape index (κ3) is 4.10. The van der Waals surface area contributed by atoms with Gasteiger partial charge in [-0.1, -0.05) is 35.0 Å². The Labute approximate surface area is 160 Å². The van der Waals surface area contributed by atoms with E-state index in [9.17, 15) is 18.4 Å². The van der Waals surface area contributed by atoms with Gasteiger partial charge in [-0.3, -0.25) is 0 Å². The molecule has 0 spiro atoms. The Morgan fingerprint density at radius 3 is 2.48 bits per heavy atom. The van der Waals surface area contributed by atoms with Crippen LogP contribution in [0, 0.1) is 18.3 Å². The van der Waals surface area contributed by atoms with E-state index < -0.39 is 17.3 Å². The summed E-state index contributed by atoms with van der Waals surface area (Å²) in [6, 6.07) is 6.61. The number of rotatable bonds is 5. The average Bonchev–Trinajstić information content (AvgIpc) is 2.83. The standard InChI is InChI=1S/C17H15Br2F3N2O/c1-3-6-25-9-24-15(11-5-4-10(2)13(18)7-11)14(17(20,21)22)12(8-23)16(24)19/h4-5,7H,3,6,9H2,1-2H3. The second-order valence-electron chi connectivity index (χ2n) is 5.43. The van der Waals surface area contributed by atoms with E-state index in [2.05, 4.69) is 31.9 Å². The number of aryl methyl sites for hydroxylation is 1. The fourth-order valence-electron chi connectivity index (χ4n) is 2.43. The molecule has 1 aromatic carbocycles. The summed E-state index contributed by atoms with van der Waals surface area (Å²) < 4.78 is 48.6. The summed E-state index contributed by atoms with van der Waals surface area (Å²) >= 11 is 6.49. The lowest BCUT2D eigenvalue weighted by molar-refractivity contribution is -0.137. The molecule has 0 atom stereocenters. The van der Waals surface area contributed by atoms with Crippen LogP contribution >= 0.6 is 31.9 Å². The smallest absolute Gasteiger partial charge is 0.361 e. The molecule has 0 saturated heterocycles. The lowest BCUT2D eigenvalue weighted by Gasteiger charge is -2.15. The van der Waals surface area contributed by atoms with Crippen molar-refractivity contribution in [3.05, 3.63) is 44.0 Å². The molecule has 0 unspecified atom stereocenters. The molecule has 0 aliphatic heterocycles. The maximum atomic E-state index is 13.7. The fraction of sp³-hybridized carbons (Fsp3) is 0.353. The highest BCUT2D eigenvalue weighted by Gasteiger charge is 2.41. The molecule has 134 valence electrons. The third-order valence-corrected chi connectivity index (χ3v) is 5.29. The molecule has 25 heavy (non-hydrogen) atoms. The van der Waals surface area contributed by atoms with Crippen molar-refractivity contribution in [1.29, 1.82) is 5.26 Å². The number of nitrogens with zero attached hydrogens (tertiary/aromatic N) is 2. The van der Waals surface area contributed by atoms with Crippen LogP contribution in [0.1, 0.15) is 30.0 Å². The van der Waals surface area contributed by atoms with E-state index in [1.165, 1.54) is 4.57 Å². The van der Waals surface area contributed by atoms with Crippen molar-refractivity contribution in [1.82, 2.24) is 4.57 Å². The van der Waals surface area contributed by atoms with Crippen molar-refractivity contribution in [2.45, 2.75) is 33.2 Å². The monoisotopic (exact) mass is 478 g/mol. The number of aromatic nitrogens is 1. The topological polar surface area (TPSA) is 38.0 Å². The van der Waals surface area contributed by atoms with Crippen LogP contribution in [0.3, 0.4) is 0 Å². The van der Waals surface area contributed by atoms with Crippen LogP contribution in [0.5, 0.6) is 0 Å². The van der Waals surface area contributed by atoms with Crippen LogP contribution in [-0.2, 0) is 17.6 Å². The molecule has 0 radical (unpaired) electrons. The van der Waals surface area contributed by atoms with Crippen LogP contribution in [0.25, 0.3) is 11.3 Å². The molecule has 2 rings (SSSR count). The van der Waals surface area contributed by atoms with Crippen molar-refractivity contribution in [3.8, 4) is 17.3 Å². The highest BCUT2D eigenvalue weighted by molar-refractivity contribution is 9.10. The minimum atomic E-state index is -4.67. The van der Waals surface area contributed by atoms with Gasteiger partial charge < -0.3 is 9.30 Å². The Hall–Kier alpha value is -1.30. The second-order valence-corrected chi connectivity index (χ2v) is 7.03. The molecule has 0 amide bonds. The summed E-state index contributed by atoms with van der Waals surface area (Å²) in [5, 5.41) is 9.27. The van der Waals surface area contributed by atoms with Crippen LogP contribution in [-0.4, -0.2) is 11.2 Å². The number of hydrogen-bond donors (Lipinski definition) is 0. The van der Waals surface area contributed by atoms with E-state index in [4.69, 9.17) is 4.74 Å². The van der Waals surface area contributed by atoms with Crippen molar-refractivity contribution >= 4 is 31.9 Å². The van der Waals surface area contributed by atoms with Crippen LogP contribution < -0.4 is 0 Å². The van der Waals surface area contributed by atoms with E-state index >= 15 is 0 Å². The highest BCUT2D eigenvalue weighted by Crippen LogP contribution is 2.44. The summed E-state index contributed by atoms with van der Waals surface area (Å²) in [6.45, 7) is 4.08. The molecule has 0 saturated carbocycles. The van der Waals surface area contributed by atoms with Gasteiger partial charge in [-0.25, -0.2) is 0 Å². The molecule has 3 nitrogen and oxygen atoms in total. The van der Waals surface area contributed by atoms with Crippen molar-refractivity contribution < 1.29 is 17.9 Å². The molecular weight excluding hydrogens is 465 g/mol. The van der Waals surface area contributed by atoms with E-state index in [1.807, 2.05) is 13.8 Å². The lowest BCUT2D eigenvalue weighted by Crippen LogP contribution is -2.10. The molecule has 1 heterocycles. The average molecular weight is 480 g/mol. The predicted molar refractivity (Wildman–Crippen MR) is 96.0 cm³/mol. The molecular formula is C17H15Br2F3N2O. The molecule has 0 N–H and O–H groups in total. The van der Waals surface area contributed by atoms with Gasteiger partial charge in [0.05, 0.1) is 11.3 Å². The van der Waals surface area contributed by atoms with Crippen LogP contribution in [0.2, 0.25) is 0 Å². The summed E-state index contributed by atoms with van der Waals surface area (Å²) in [5.74, 6) is 0. The first-order valence-corrected chi connectivity index (χ1v) is 9.04. The van der Waals surface area contributed by atoms with E-state index in [1.54, 1.807) is 24.3 Å². The quantitative estimate of drug-likeness (QED) is 0.474. The summed E-state index contributed by atoms with van der Waals surface area (Å²) in [6.07, 6.45) is -3.93. The van der Waals surface area contributed by atoms with Crippen molar-refractivity contribution in [2.75, 3.05) is 6.61 Å². The number of ether oxygens (including phenoxy) is 1. The van der Waals surface area contributed by atoms with Gasteiger partial charge in [0.25, 0.3) is 0 Å². The Kier molecular flexibility index (Phi) is 6.35. The Balaban J connectivity index is 2.76. The molecule has 0 aliphatic carbocycles. The first-order valence-electron chi connectivity index (χ1n) is 7.45. The number of halogens is 5. The van der Waals surface area contributed by atoms with Crippen molar-refractivity contribution in [2.24, 2.45) is 0 Å². The summed E-state index contributed by atoms with van der Waals surface area (Å²) in [4.78, 5) is 0. The number of hydrogen-bond acceptors (Lipinski definition) is 2. The zero-order valence-corrected chi connectivity index (χ0v) is 16.7. The number of alkyl halides is 3. The maximum absolute atomic E-state index is 13.7. The van der Waals surface area contributed by atoms with Crippen molar-refractivity contribution in [3.63, 3.8) is 0 Å². The molecule has 8 heteroatoms. The number of nitriles is 1. The van der Waals surface area contributed by atoms with Gasteiger partial charge in [-0.2, -0.15) is 18.4 Å². The molecule has 0 fully saturated rings. The zero-order valence-electron chi connectivity index (χ0n) is 13.5. The van der Waals surface area contributed by atoms with Gasteiger partial charge in [0, 0.05) is 16.6 Å². The molecule has 0 aliphatic rings. The van der Waals surface area contributed by atoms with Gasteiger partial charge in [0.1, 0.15) is 23.0 Å². The van der Waals surface area contributed by atoms with Crippen LogP contribution in [0.4, 0.5) is 13.2 Å². The zero-order chi connectivity index (χ0) is 18.8. The Morgan fingerprint density at radius 1 is 1.28 bits per heavy atom. The Bertz CT molecular complexity index is 823. The highest BCUT2D eigenvalue weighted by atomic mass is 79.9. The first-order chi connectivity index (χ1) is 11.7. The van der Waals surface area contributed by atoms with Gasteiger partial charge in [0.2, 0.25) is 0 Å². The SMILES string of the molecule is CCCOCn1c(Br)c(C#N)c(C(F)(F)F)c1-c1ccc(C)c(Br)c1.